The summed E-state index contributed by atoms with van der Waals surface area (Å²) in [6.45, 7) is 3.36. The molecule has 5 heteroatoms. The Kier molecular flexibility index (Phi) is 3.87. The van der Waals surface area contributed by atoms with Crippen molar-refractivity contribution in [2.24, 2.45) is 5.92 Å². The van der Waals surface area contributed by atoms with E-state index in [9.17, 15) is 18.3 Å². The molecule has 0 saturated carbocycles. The summed E-state index contributed by atoms with van der Waals surface area (Å²) in [7, 11) is 0. The molecule has 19 heavy (non-hydrogen) atoms. The van der Waals surface area contributed by atoms with Crippen LogP contribution in [0.4, 0.5) is 13.2 Å². The molecule has 0 aliphatic carbocycles. The van der Waals surface area contributed by atoms with E-state index in [0.29, 0.717) is 5.56 Å². The molecule has 1 atom stereocenters. The van der Waals surface area contributed by atoms with Crippen LogP contribution in [0.5, 0.6) is 0 Å². The number of hydrogen-bond donors (Lipinski definition) is 2. The summed E-state index contributed by atoms with van der Waals surface area (Å²) in [6, 6.07) is 4.82. The molecule has 0 amide bonds. The molecule has 0 aromatic heterocycles. The van der Waals surface area contributed by atoms with Crippen LogP contribution in [0.3, 0.4) is 0 Å². The van der Waals surface area contributed by atoms with Gasteiger partial charge in [-0.25, -0.2) is 0 Å². The minimum atomic E-state index is -4.33. The third-order valence-electron chi connectivity index (χ3n) is 3.93. The van der Waals surface area contributed by atoms with Gasteiger partial charge >= 0.3 is 6.18 Å². The zero-order valence-electron chi connectivity index (χ0n) is 10.8. The monoisotopic (exact) mass is 273 g/mol. The fraction of sp³-hybridized carbons (Fsp3) is 0.571. The summed E-state index contributed by atoms with van der Waals surface area (Å²) in [5, 5.41) is 13.8. The van der Waals surface area contributed by atoms with Gasteiger partial charge in [0.25, 0.3) is 0 Å². The van der Waals surface area contributed by atoms with Gasteiger partial charge in [-0.2, -0.15) is 13.2 Å². The summed E-state index contributed by atoms with van der Waals surface area (Å²) >= 11 is 0. The van der Waals surface area contributed by atoms with Gasteiger partial charge in [0.2, 0.25) is 0 Å². The zero-order chi connectivity index (χ0) is 14.1. The van der Waals surface area contributed by atoms with Gasteiger partial charge in [0.1, 0.15) is 0 Å². The quantitative estimate of drug-likeness (QED) is 0.868. The van der Waals surface area contributed by atoms with Crippen LogP contribution in [-0.2, 0) is 11.8 Å². The SMILES string of the molecule is CC(O)(c1ccc(C(F)(F)F)cc1)C1CCNCC1. The minimum absolute atomic E-state index is 0.0745. The van der Waals surface area contributed by atoms with Gasteiger partial charge in [-0.3, -0.25) is 0 Å². The summed E-state index contributed by atoms with van der Waals surface area (Å²) in [5.41, 5.74) is -1.21. The van der Waals surface area contributed by atoms with Gasteiger partial charge in [-0.15, -0.1) is 0 Å². The van der Waals surface area contributed by atoms with Crippen LogP contribution in [0.25, 0.3) is 0 Å². The van der Waals surface area contributed by atoms with Crippen LogP contribution in [0, 0.1) is 5.92 Å². The second-order valence-corrected chi connectivity index (χ2v) is 5.25. The predicted molar refractivity (Wildman–Crippen MR) is 66.6 cm³/mol. The summed E-state index contributed by atoms with van der Waals surface area (Å²) in [6.07, 6.45) is -2.68. The van der Waals surface area contributed by atoms with E-state index in [0.717, 1.165) is 38.1 Å². The predicted octanol–water partition coefficient (Wildman–Crippen LogP) is 2.91. The number of alkyl halides is 3. The lowest BCUT2D eigenvalue weighted by molar-refractivity contribution is -0.137. The Hall–Kier alpha value is -1.07. The standard InChI is InChI=1S/C14H18F3NO/c1-13(19,11-6-8-18-9-7-11)10-2-4-12(5-3-10)14(15,16)17/h2-5,11,18-19H,6-9H2,1H3. The van der Waals surface area contributed by atoms with Gasteiger partial charge in [0.15, 0.2) is 0 Å². The van der Waals surface area contributed by atoms with Gasteiger partial charge in [0.05, 0.1) is 11.2 Å². The molecule has 1 saturated heterocycles. The van der Waals surface area contributed by atoms with Crippen molar-refractivity contribution in [3.63, 3.8) is 0 Å². The van der Waals surface area contributed by atoms with E-state index in [2.05, 4.69) is 5.32 Å². The van der Waals surface area contributed by atoms with E-state index >= 15 is 0 Å². The lowest BCUT2D eigenvalue weighted by Gasteiger charge is -2.36. The molecular weight excluding hydrogens is 255 g/mol. The highest BCUT2D eigenvalue weighted by atomic mass is 19.4. The summed E-state index contributed by atoms with van der Waals surface area (Å²) in [4.78, 5) is 0. The van der Waals surface area contributed by atoms with E-state index in [4.69, 9.17) is 0 Å². The minimum Gasteiger partial charge on any atom is -0.385 e. The molecule has 1 heterocycles. The number of benzene rings is 1. The Morgan fingerprint density at radius 3 is 2.00 bits per heavy atom. The largest absolute Gasteiger partial charge is 0.416 e. The van der Waals surface area contributed by atoms with Crippen LogP contribution in [0.2, 0.25) is 0 Å². The first-order valence-electron chi connectivity index (χ1n) is 6.42. The van der Waals surface area contributed by atoms with E-state index in [1.807, 2.05) is 0 Å². The molecule has 2 N–H and O–H groups in total. The number of hydrogen-bond acceptors (Lipinski definition) is 2. The van der Waals surface area contributed by atoms with Crippen molar-refractivity contribution in [2.45, 2.75) is 31.5 Å². The van der Waals surface area contributed by atoms with Crippen molar-refractivity contribution in [3.8, 4) is 0 Å². The molecule has 0 spiro atoms. The van der Waals surface area contributed by atoms with Crippen LogP contribution in [0.15, 0.2) is 24.3 Å². The topological polar surface area (TPSA) is 32.3 Å². The molecule has 2 rings (SSSR count). The molecule has 0 bridgehead atoms. The van der Waals surface area contributed by atoms with Crippen molar-refractivity contribution < 1.29 is 18.3 Å². The Morgan fingerprint density at radius 2 is 1.53 bits per heavy atom. The maximum atomic E-state index is 12.5. The molecule has 2 nitrogen and oxygen atoms in total. The first-order valence-corrected chi connectivity index (χ1v) is 6.42. The number of rotatable bonds is 2. The highest BCUT2D eigenvalue weighted by Crippen LogP contribution is 2.36. The summed E-state index contributed by atoms with van der Waals surface area (Å²) in [5.74, 6) is 0.0745. The van der Waals surface area contributed by atoms with Crippen molar-refractivity contribution in [1.82, 2.24) is 5.32 Å². The lowest BCUT2D eigenvalue weighted by atomic mass is 9.77. The molecule has 1 aliphatic rings. The molecule has 1 aromatic carbocycles. The molecular formula is C14H18F3NO. The Morgan fingerprint density at radius 1 is 1.05 bits per heavy atom. The maximum Gasteiger partial charge on any atom is 0.416 e. The average molecular weight is 273 g/mol. The van der Waals surface area contributed by atoms with E-state index < -0.39 is 17.3 Å². The van der Waals surface area contributed by atoms with Crippen LogP contribution >= 0.6 is 0 Å². The molecule has 1 fully saturated rings. The molecule has 1 aromatic rings. The van der Waals surface area contributed by atoms with E-state index in [1.165, 1.54) is 12.1 Å². The fourth-order valence-electron chi connectivity index (χ4n) is 2.62. The highest BCUT2D eigenvalue weighted by Gasteiger charge is 2.35. The van der Waals surface area contributed by atoms with Gasteiger partial charge in [-0.05, 0) is 56.5 Å². The van der Waals surface area contributed by atoms with Crippen molar-refractivity contribution in [1.29, 1.82) is 0 Å². The molecule has 1 aliphatic heterocycles. The summed E-state index contributed by atoms with van der Waals surface area (Å²) < 4.78 is 37.5. The van der Waals surface area contributed by atoms with Crippen LogP contribution in [-0.4, -0.2) is 18.2 Å². The number of piperidine rings is 1. The Labute approximate surface area is 110 Å². The maximum absolute atomic E-state index is 12.5. The van der Waals surface area contributed by atoms with Crippen molar-refractivity contribution in [2.75, 3.05) is 13.1 Å². The van der Waals surface area contributed by atoms with Crippen molar-refractivity contribution >= 4 is 0 Å². The number of nitrogens with one attached hydrogen (secondary N) is 1. The molecule has 1 unspecified atom stereocenters. The number of aliphatic hydroxyl groups is 1. The normalized spacial score (nSPS) is 21.1. The third-order valence-corrected chi connectivity index (χ3v) is 3.93. The van der Waals surface area contributed by atoms with E-state index in [-0.39, 0.29) is 5.92 Å². The van der Waals surface area contributed by atoms with Gasteiger partial charge in [-0.1, -0.05) is 12.1 Å². The first kappa shape index (κ1) is 14.3. The van der Waals surface area contributed by atoms with Gasteiger partial charge in [0, 0.05) is 0 Å². The smallest absolute Gasteiger partial charge is 0.385 e. The van der Waals surface area contributed by atoms with Crippen LogP contribution < -0.4 is 5.32 Å². The van der Waals surface area contributed by atoms with Crippen LogP contribution in [0.1, 0.15) is 30.9 Å². The second kappa shape index (κ2) is 5.13. The zero-order valence-corrected chi connectivity index (χ0v) is 10.8. The first-order chi connectivity index (χ1) is 8.82. The van der Waals surface area contributed by atoms with Crippen molar-refractivity contribution in [3.05, 3.63) is 35.4 Å². The highest BCUT2D eigenvalue weighted by molar-refractivity contribution is 5.29. The fourth-order valence-corrected chi connectivity index (χ4v) is 2.62. The lowest BCUT2D eigenvalue weighted by Crippen LogP contribution is -2.39. The second-order valence-electron chi connectivity index (χ2n) is 5.25. The number of halogens is 3. The van der Waals surface area contributed by atoms with Gasteiger partial charge < -0.3 is 10.4 Å². The Bertz CT molecular complexity index is 419. The Balaban J connectivity index is 2.20. The molecule has 106 valence electrons. The third kappa shape index (κ3) is 3.09. The average Bonchev–Trinajstić information content (AvgIpc) is 2.39. The van der Waals surface area contributed by atoms with E-state index in [1.54, 1.807) is 6.92 Å². The molecule has 0 radical (unpaired) electrons.